The van der Waals surface area contributed by atoms with Crippen LogP contribution >= 0.6 is 0 Å². The molecule has 186 valence electrons. The fourth-order valence-corrected chi connectivity index (χ4v) is 5.58. The molecule has 2 aliphatic rings. The van der Waals surface area contributed by atoms with Crippen LogP contribution in [0.4, 0.5) is 11.5 Å². The lowest BCUT2D eigenvalue weighted by Gasteiger charge is -2.40. The van der Waals surface area contributed by atoms with Crippen LogP contribution in [0.5, 0.6) is 0 Å². The van der Waals surface area contributed by atoms with E-state index < -0.39 is 0 Å². The molecule has 36 heavy (non-hydrogen) atoms. The third-order valence-electron chi connectivity index (χ3n) is 7.56. The summed E-state index contributed by atoms with van der Waals surface area (Å²) >= 11 is 0. The molecule has 5 rings (SSSR count). The molecule has 0 unspecified atom stereocenters. The Morgan fingerprint density at radius 2 is 1.69 bits per heavy atom. The van der Waals surface area contributed by atoms with Crippen LogP contribution in [-0.4, -0.2) is 41.3 Å². The van der Waals surface area contributed by atoms with E-state index in [1.54, 1.807) is 0 Å². The predicted octanol–water partition coefficient (Wildman–Crippen LogP) is 5.09. The predicted molar refractivity (Wildman–Crippen MR) is 145 cm³/mol. The lowest BCUT2D eigenvalue weighted by molar-refractivity contribution is 0.282. The van der Waals surface area contributed by atoms with Gasteiger partial charge >= 0.3 is 0 Å². The maximum atomic E-state index is 9.32. The zero-order valence-corrected chi connectivity index (χ0v) is 20.7. The fourth-order valence-electron chi connectivity index (χ4n) is 5.58. The Morgan fingerprint density at radius 1 is 0.917 bits per heavy atom. The molecule has 3 atom stereocenters. The molecule has 1 aromatic heterocycles. The second-order valence-electron chi connectivity index (χ2n) is 10.0. The average molecular weight is 482 g/mol. The van der Waals surface area contributed by atoms with Crippen LogP contribution in [0, 0.1) is 11.3 Å². The monoisotopic (exact) mass is 481 g/mol. The van der Waals surface area contributed by atoms with Gasteiger partial charge in [-0.3, -0.25) is 0 Å². The van der Waals surface area contributed by atoms with E-state index in [1.807, 2.05) is 36.5 Å². The summed E-state index contributed by atoms with van der Waals surface area (Å²) in [4.78, 5) is 7.07. The van der Waals surface area contributed by atoms with Crippen LogP contribution in [0.3, 0.4) is 0 Å². The van der Waals surface area contributed by atoms with Gasteiger partial charge in [0.05, 0.1) is 18.2 Å². The number of hydrogen-bond acceptors (Lipinski definition) is 6. The van der Waals surface area contributed by atoms with E-state index in [9.17, 15) is 5.11 Å². The van der Waals surface area contributed by atoms with Gasteiger partial charge in [-0.15, -0.1) is 0 Å². The summed E-state index contributed by atoms with van der Waals surface area (Å²) < 4.78 is 0. The van der Waals surface area contributed by atoms with Crippen molar-refractivity contribution in [1.82, 2.24) is 10.3 Å². The Labute approximate surface area is 214 Å². The average Bonchev–Trinajstić information content (AvgIpc) is 2.94. The van der Waals surface area contributed by atoms with E-state index in [0.29, 0.717) is 23.7 Å². The smallest absolute Gasteiger partial charge is 0.126 e. The number of nitrogens with zero attached hydrogens (tertiary/aromatic N) is 3. The molecule has 2 fully saturated rings. The summed E-state index contributed by atoms with van der Waals surface area (Å²) in [6.45, 7) is 2.12. The first-order valence-electron chi connectivity index (χ1n) is 13.2. The number of piperidine rings is 1. The first-order chi connectivity index (χ1) is 17.7. The molecule has 3 N–H and O–H groups in total. The van der Waals surface area contributed by atoms with E-state index in [0.717, 1.165) is 42.0 Å². The van der Waals surface area contributed by atoms with Crippen molar-refractivity contribution in [2.75, 3.05) is 23.3 Å². The largest absolute Gasteiger partial charge is 0.392 e. The Kier molecular flexibility index (Phi) is 7.80. The van der Waals surface area contributed by atoms with Crippen molar-refractivity contribution in [3.63, 3.8) is 0 Å². The van der Waals surface area contributed by atoms with Gasteiger partial charge in [0.2, 0.25) is 0 Å². The third-order valence-corrected chi connectivity index (χ3v) is 7.56. The number of nitriles is 1. The van der Waals surface area contributed by atoms with Gasteiger partial charge in [0.25, 0.3) is 0 Å². The number of nitrogens with one attached hydrogen (secondary N) is 2. The molecular weight excluding hydrogens is 446 g/mol. The summed E-state index contributed by atoms with van der Waals surface area (Å²) in [5.41, 5.74) is 5.08. The van der Waals surface area contributed by atoms with Crippen molar-refractivity contribution in [2.24, 2.45) is 0 Å². The van der Waals surface area contributed by atoms with Gasteiger partial charge in [0, 0.05) is 43.1 Å². The standard InChI is InChI=1S/C30H35N5O/c31-19-22-9-13-27(14-10-22)35-17-3-4-26(20-35)33-28-5-1-2-6-29(28)34-30-18-25(15-16-32-30)24-11-7-23(21-36)8-12-24/h7-16,18,26,28-29,33,36H,1-6,17,20-21H2,(H,32,34)/t26-,28+,29+/m0/s1. The highest BCUT2D eigenvalue weighted by Crippen LogP contribution is 2.27. The van der Waals surface area contributed by atoms with E-state index in [-0.39, 0.29) is 6.61 Å². The zero-order chi connectivity index (χ0) is 24.7. The summed E-state index contributed by atoms with van der Waals surface area (Å²) in [7, 11) is 0. The lowest BCUT2D eigenvalue weighted by atomic mass is 9.89. The molecule has 1 aliphatic heterocycles. The van der Waals surface area contributed by atoms with Crippen molar-refractivity contribution in [3.05, 3.63) is 78.0 Å². The number of benzene rings is 2. The van der Waals surface area contributed by atoms with Crippen molar-refractivity contribution < 1.29 is 5.11 Å². The Hall–Kier alpha value is -3.40. The van der Waals surface area contributed by atoms with E-state index >= 15 is 0 Å². The molecule has 6 heteroatoms. The molecular formula is C30H35N5O. The van der Waals surface area contributed by atoms with E-state index in [2.05, 4.69) is 56.9 Å². The summed E-state index contributed by atoms with van der Waals surface area (Å²) in [6, 6.07) is 23.6. The summed E-state index contributed by atoms with van der Waals surface area (Å²) in [5.74, 6) is 0.917. The van der Waals surface area contributed by atoms with Crippen LogP contribution < -0.4 is 15.5 Å². The number of aromatic nitrogens is 1. The van der Waals surface area contributed by atoms with Gasteiger partial charge in [0.15, 0.2) is 0 Å². The Morgan fingerprint density at radius 3 is 2.44 bits per heavy atom. The van der Waals surface area contributed by atoms with Gasteiger partial charge in [-0.2, -0.15) is 5.26 Å². The van der Waals surface area contributed by atoms with Crippen molar-refractivity contribution in [3.8, 4) is 17.2 Å². The van der Waals surface area contributed by atoms with Crippen LogP contribution in [-0.2, 0) is 6.61 Å². The fraction of sp³-hybridized carbons (Fsp3) is 0.400. The first-order valence-corrected chi connectivity index (χ1v) is 13.2. The van der Waals surface area contributed by atoms with Gasteiger partial charge in [-0.25, -0.2) is 4.98 Å². The van der Waals surface area contributed by atoms with Gasteiger partial charge in [0.1, 0.15) is 5.82 Å². The number of aliphatic hydroxyl groups is 1. The normalized spacial score (nSPS) is 22.1. The molecule has 0 amide bonds. The SMILES string of the molecule is N#Cc1ccc(N2CCC[C@H](N[C@@H]3CCCC[C@H]3Nc3cc(-c4ccc(CO)cc4)ccn3)C2)cc1. The zero-order valence-electron chi connectivity index (χ0n) is 20.7. The van der Waals surface area contributed by atoms with Gasteiger partial charge in [-0.05, 0) is 78.8 Å². The molecule has 2 aromatic carbocycles. The highest BCUT2D eigenvalue weighted by Gasteiger charge is 2.29. The first kappa shape index (κ1) is 24.3. The van der Waals surface area contributed by atoms with Crippen LogP contribution in [0.1, 0.15) is 49.7 Å². The minimum absolute atomic E-state index is 0.0612. The Bertz CT molecular complexity index is 1170. The second-order valence-corrected chi connectivity index (χ2v) is 10.0. The highest BCUT2D eigenvalue weighted by molar-refractivity contribution is 5.66. The topological polar surface area (TPSA) is 84.2 Å². The minimum Gasteiger partial charge on any atom is -0.392 e. The molecule has 0 spiro atoms. The highest BCUT2D eigenvalue weighted by atomic mass is 16.3. The molecule has 6 nitrogen and oxygen atoms in total. The molecule has 1 saturated heterocycles. The second kappa shape index (κ2) is 11.6. The maximum absolute atomic E-state index is 9.32. The minimum atomic E-state index is 0.0612. The quantitative estimate of drug-likeness (QED) is 0.436. The van der Waals surface area contributed by atoms with Gasteiger partial charge < -0.3 is 20.6 Å². The number of aliphatic hydroxyl groups excluding tert-OH is 1. The van der Waals surface area contributed by atoms with Crippen LogP contribution in [0.2, 0.25) is 0 Å². The molecule has 1 aliphatic carbocycles. The molecule has 1 saturated carbocycles. The Balaban J connectivity index is 1.23. The number of hydrogen-bond donors (Lipinski definition) is 3. The van der Waals surface area contributed by atoms with Crippen molar-refractivity contribution in [2.45, 2.75) is 63.3 Å². The lowest BCUT2D eigenvalue weighted by Crippen LogP contribution is -2.54. The van der Waals surface area contributed by atoms with Crippen LogP contribution in [0.25, 0.3) is 11.1 Å². The van der Waals surface area contributed by atoms with Crippen LogP contribution in [0.15, 0.2) is 66.9 Å². The van der Waals surface area contributed by atoms with Gasteiger partial charge in [-0.1, -0.05) is 37.1 Å². The number of rotatable bonds is 7. The van der Waals surface area contributed by atoms with Crippen molar-refractivity contribution in [1.29, 1.82) is 5.26 Å². The molecule has 3 aromatic rings. The van der Waals surface area contributed by atoms with E-state index in [1.165, 1.54) is 37.8 Å². The summed E-state index contributed by atoms with van der Waals surface area (Å²) in [5, 5.41) is 26.2. The molecule has 2 heterocycles. The number of anilines is 2. The maximum Gasteiger partial charge on any atom is 0.126 e. The third kappa shape index (κ3) is 5.87. The summed E-state index contributed by atoms with van der Waals surface area (Å²) in [6.07, 6.45) is 9.04. The van der Waals surface area contributed by atoms with Crippen molar-refractivity contribution >= 4 is 11.5 Å². The van der Waals surface area contributed by atoms with E-state index in [4.69, 9.17) is 5.26 Å². The molecule has 0 bridgehead atoms. The molecule has 0 radical (unpaired) electrons. The number of pyridine rings is 1.